The SMILES string of the molecule is COc1ccc(/C=C2/SC(=S)N(/N=C/c3ccc(N(C)C)cc3)C2=O)c(OC)c1. The van der Waals surface area contributed by atoms with E-state index in [9.17, 15) is 4.79 Å². The molecule has 150 valence electrons. The number of hydrogen-bond donors (Lipinski definition) is 0. The van der Waals surface area contributed by atoms with Crippen LogP contribution in [0, 0.1) is 0 Å². The molecular formula is C21H21N3O3S2. The van der Waals surface area contributed by atoms with Crippen molar-refractivity contribution in [2.24, 2.45) is 5.10 Å². The van der Waals surface area contributed by atoms with Gasteiger partial charge >= 0.3 is 0 Å². The Hall–Kier alpha value is -2.84. The highest BCUT2D eigenvalue weighted by Crippen LogP contribution is 2.35. The van der Waals surface area contributed by atoms with Crippen LogP contribution >= 0.6 is 24.0 Å². The first kappa shape index (κ1) is 20.9. The summed E-state index contributed by atoms with van der Waals surface area (Å²) < 4.78 is 11.0. The highest BCUT2D eigenvalue weighted by atomic mass is 32.2. The maximum absolute atomic E-state index is 12.8. The maximum atomic E-state index is 12.8. The van der Waals surface area contributed by atoms with Crippen LogP contribution in [-0.4, -0.2) is 49.8 Å². The van der Waals surface area contributed by atoms with Gasteiger partial charge in [0.15, 0.2) is 4.32 Å². The van der Waals surface area contributed by atoms with Crippen LogP contribution < -0.4 is 14.4 Å². The summed E-state index contributed by atoms with van der Waals surface area (Å²) >= 11 is 6.55. The molecule has 1 fully saturated rings. The molecule has 2 aromatic carbocycles. The molecule has 1 saturated heterocycles. The van der Waals surface area contributed by atoms with Gasteiger partial charge in [-0.25, -0.2) is 0 Å². The first-order valence-corrected chi connectivity index (χ1v) is 9.96. The molecule has 0 aliphatic carbocycles. The summed E-state index contributed by atoms with van der Waals surface area (Å²) in [5.74, 6) is 1.02. The molecule has 8 heteroatoms. The number of hydrazone groups is 1. The Morgan fingerprint density at radius 3 is 2.45 bits per heavy atom. The second-order valence-electron chi connectivity index (χ2n) is 6.33. The fourth-order valence-corrected chi connectivity index (χ4v) is 3.78. The first-order chi connectivity index (χ1) is 13.9. The molecule has 0 N–H and O–H groups in total. The average molecular weight is 428 g/mol. The number of ether oxygens (including phenoxy) is 2. The fourth-order valence-electron chi connectivity index (χ4n) is 2.62. The lowest BCUT2D eigenvalue weighted by molar-refractivity contribution is -0.122. The van der Waals surface area contributed by atoms with Crippen LogP contribution in [0.1, 0.15) is 11.1 Å². The molecular weight excluding hydrogens is 406 g/mol. The van der Waals surface area contributed by atoms with Gasteiger partial charge in [0.05, 0.1) is 25.3 Å². The van der Waals surface area contributed by atoms with Crippen LogP contribution in [0.5, 0.6) is 11.5 Å². The van der Waals surface area contributed by atoms with Crippen molar-refractivity contribution in [3.63, 3.8) is 0 Å². The molecule has 0 unspecified atom stereocenters. The lowest BCUT2D eigenvalue weighted by Gasteiger charge is -2.12. The smallest absolute Gasteiger partial charge is 0.286 e. The summed E-state index contributed by atoms with van der Waals surface area (Å²) in [6.45, 7) is 0. The summed E-state index contributed by atoms with van der Waals surface area (Å²) in [6.07, 6.45) is 3.38. The fraction of sp³-hybridized carbons (Fsp3) is 0.190. The van der Waals surface area contributed by atoms with Crippen molar-refractivity contribution in [2.45, 2.75) is 0 Å². The van der Waals surface area contributed by atoms with E-state index in [2.05, 4.69) is 5.10 Å². The highest BCUT2D eigenvalue weighted by Gasteiger charge is 2.32. The van der Waals surface area contributed by atoms with Gasteiger partial charge in [0.2, 0.25) is 0 Å². The van der Waals surface area contributed by atoms with E-state index in [0.717, 1.165) is 16.8 Å². The Kier molecular flexibility index (Phi) is 6.56. The van der Waals surface area contributed by atoms with E-state index in [1.54, 1.807) is 32.6 Å². The number of nitrogens with zero attached hydrogens (tertiary/aromatic N) is 3. The third-order valence-electron chi connectivity index (χ3n) is 4.23. The molecule has 3 rings (SSSR count). The van der Waals surface area contributed by atoms with Gasteiger partial charge in [-0.1, -0.05) is 23.9 Å². The molecule has 29 heavy (non-hydrogen) atoms. The van der Waals surface area contributed by atoms with Crippen LogP contribution in [0.3, 0.4) is 0 Å². The molecule has 6 nitrogen and oxygen atoms in total. The van der Waals surface area contributed by atoms with Gasteiger partial charge in [-0.3, -0.25) is 4.79 Å². The third-order valence-corrected chi connectivity index (χ3v) is 5.52. The van der Waals surface area contributed by atoms with Crippen molar-refractivity contribution in [1.29, 1.82) is 0 Å². The number of carbonyl (C=O) groups is 1. The van der Waals surface area contributed by atoms with Gasteiger partial charge in [-0.15, -0.1) is 0 Å². The highest BCUT2D eigenvalue weighted by molar-refractivity contribution is 8.26. The number of thioether (sulfide) groups is 1. The predicted molar refractivity (Wildman–Crippen MR) is 123 cm³/mol. The van der Waals surface area contributed by atoms with E-state index in [1.165, 1.54) is 16.8 Å². The topological polar surface area (TPSA) is 54.4 Å². The Bertz CT molecular complexity index is 985. The Labute approximate surface area is 179 Å². The summed E-state index contributed by atoms with van der Waals surface area (Å²) in [4.78, 5) is 15.3. The number of rotatable bonds is 6. The third kappa shape index (κ3) is 4.78. The van der Waals surface area contributed by atoms with Gasteiger partial charge < -0.3 is 14.4 Å². The Morgan fingerprint density at radius 1 is 1.10 bits per heavy atom. The molecule has 0 bridgehead atoms. The number of benzene rings is 2. The van der Waals surface area contributed by atoms with E-state index < -0.39 is 0 Å². The van der Waals surface area contributed by atoms with Crippen molar-refractivity contribution in [3.8, 4) is 11.5 Å². The molecule has 1 aliphatic heterocycles. The average Bonchev–Trinajstić information content (AvgIpc) is 2.99. The molecule has 1 aliphatic rings. The number of carbonyl (C=O) groups excluding carboxylic acids is 1. The van der Waals surface area contributed by atoms with Crippen LogP contribution in [0.2, 0.25) is 0 Å². The lowest BCUT2D eigenvalue weighted by atomic mass is 10.1. The standard InChI is InChI=1S/C21H21N3O3S2/c1-23(2)16-8-5-14(6-9-16)13-22-24-20(25)19(29-21(24)28)11-15-7-10-17(26-3)12-18(15)27-4/h5-13H,1-4H3/b19-11+,22-13+. The van der Waals surface area contributed by atoms with Crippen molar-refractivity contribution < 1.29 is 14.3 Å². The second-order valence-corrected chi connectivity index (χ2v) is 8.01. The van der Waals surface area contributed by atoms with Crippen LogP contribution in [0.25, 0.3) is 6.08 Å². The van der Waals surface area contributed by atoms with Crippen LogP contribution in [0.4, 0.5) is 5.69 Å². The summed E-state index contributed by atoms with van der Waals surface area (Å²) in [7, 11) is 7.12. The quantitative estimate of drug-likeness (QED) is 0.395. The van der Waals surface area contributed by atoms with Gasteiger partial charge in [0, 0.05) is 31.4 Å². The minimum atomic E-state index is -0.265. The zero-order valence-corrected chi connectivity index (χ0v) is 18.2. The van der Waals surface area contributed by atoms with Gasteiger partial charge in [0.1, 0.15) is 11.5 Å². The molecule has 0 radical (unpaired) electrons. The zero-order chi connectivity index (χ0) is 21.0. The molecule has 0 aromatic heterocycles. The zero-order valence-electron chi connectivity index (χ0n) is 16.6. The Morgan fingerprint density at radius 2 is 1.83 bits per heavy atom. The van der Waals surface area contributed by atoms with E-state index in [-0.39, 0.29) is 5.91 Å². The second kappa shape index (κ2) is 9.11. The summed E-state index contributed by atoms with van der Waals surface area (Å²) in [6, 6.07) is 13.3. The predicted octanol–water partition coefficient (Wildman–Crippen LogP) is 4.01. The maximum Gasteiger partial charge on any atom is 0.286 e. The molecule has 0 atom stereocenters. The van der Waals surface area contributed by atoms with Crippen molar-refractivity contribution in [1.82, 2.24) is 5.01 Å². The summed E-state index contributed by atoms with van der Waals surface area (Å²) in [5, 5.41) is 5.52. The van der Waals surface area contributed by atoms with Crippen LogP contribution in [-0.2, 0) is 4.79 Å². The number of methoxy groups -OCH3 is 2. The van der Waals surface area contributed by atoms with Gasteiger partial charge in [0.25, 0.3) is 5.91 Å². The molecule has 1 heterocycles. The minimum Gasteiger partial charge on any atom is -0.497 e. The van der Waals surface area contributed by atoms with Gasteiger partial charge in [-0.05, 0) is 48.1 Å². The van der Waals surface area contributed by atoms with Crippen LogP contribution in [0.15, 0.2) is 52.5 Å². The van der Waals surface area contributed by atoms with Crippen molar-refractivity contribution >= 4 is 52.2 Å². The van der Waals surface area contributed by atoms with E-state index >= 15 is 0 Å². The number of thiocarbonyl (C=S) groups is 1. The monoisotopic (exact) mass is 427 g/mol. The minimum absolute atomic E-state index is 0.265. The van der Waals surface area contributed by atoms with Gasteiger partial charge in [-0.2, -0.15) is 10.1 Å². The largest absolute Gasteiger partial charge is 0.497 e. The van der Waals surface area contributed by atoms with Crippen molar-refractivity contribution in [3.05, 3.63) is 58.5 Å². The Balaban J connectivity index is 1.80. The molecule has 1 amide bonds. The van der Waals surface area contributed by atoms with E-state index in [1.807, 2.05) is 55.4 Å². The summed E-state index contributed by atoms with van der Waals surface area (Å²) in [5.41, 5.74) is 2.73. The molecule has 0 spiro atoms. The molecule has 2 aromatic rings. The normalized spacial score (nSPS) is 15.4. The lowest BCUT2D eigenvalue weighted by Crippen LogP contribution is -2.22. The number of amides is 1. The number of anilines is 1. The van der Waals surface area contributed by atoms with E-state index in [4.69, 9.17) is 21.7 Å². The molecule has 0 saturated carbocycles. The van der Waals surface area contributed by atoms with E-state index in [0.29, 0.717) is 20.7 Å². The first-order valence-electron chi connectivity index (χ1n) is 8.74. The van der Waals surface area contributed by atoms with Crippen molar-refractivity contribution in [2.75, 3.05) is 33.2 Å². The number of hydrogen-bond acceptors (Lipinski definition) is 7.